The third-order valence-electron chi connectivity index (χ3n) is 1.92. The van der Waals surface area contributed by atoms with Crippen molar-refractivity contribution in [3.8, 4) is 0 Å². The maximum atomic E-state index is 6.06. The first-order chi connectivity index (χ1) is 7.08. The van der Waals surface area contributed by atoms with Gasteiger partial charge in [0.05, 0.1) is 19.1 Å². The number of rotatable bonds is 2. The van der Waals surface area contributed by atoms with Crippen LogP contribution in [0.3, 0.4) is 0 Å². The summed E-state index contributed by atoms with van der Waals surface area (Å²) in [7, 11) is 0. The second-order valence-corrected chi connectivity index (χ2v) is 6.93. The molecule has 0 saturated heterocycles. The first kappa shape index (κ1) is 11.7. The minimum Gasteiger partial charge on any atom is -0.320 e. The lowest BCUT2D eigenvalue weighted by Crippen LogP contribution is -2.09. The van der Waals surface area contributed by atoms with Gasteiger partial charge >= 0.3 is 0 Å². The van der Waals surface area contributed by atoms with Gasteiger partial charge in [0.15, 0.2) is 0 Å². The highest BCUT2D eigenvalue weighted by Gasteiger charge is 2.17. The molecular weight excluding hydrogens is 293 g/mol. The van der Waals surface area contributed by atoms with Crippen LogP contribution in [0.15, 0.2) is 18.2 Å². The molecule has 0 aliphatic carbocycles. The third-order valence-corrected chi connectivity index (χ3v) is 4.75. The molecule has 0 saturated carbocycles. The van der Waals surface area contributed by atoms with Crippen LogP contribution in [0.1, 0.15) is 16.5 Å². The van der Waals surface area contributed by atoms with E-state index in [1.807, 2.05) is 12.1 Å². The van der Waals surface area contributed by atoms with Crippen LogP contribution < -0.4 is 5.73 Å². The largest absolute Gasteiger partial charge is 0.320 e. The monoisotopic (exact) mass is 297 g/mol. The van der Waals surface area contributed by atoms with Crippen LogP contribution in [0, 0.1) is 0 Å². The van der Waals surface area contributed by atoms with Gasteiger partial charge in [0.25, 0.3) is 0 Å². The highest BCUT2D eigenvalue weighted by atomic mass is 35.5. The van der Waals surface area contributed by atoms with Crippen LogP contribution in [-0.2, 0) is 0 Å². The van der Waals surface area contributed by atoms with Gasteiger partial charge in [-0.25, -0.2) is 0 Å². The molecule has 80 valence electrons. The Morgan fingerprint density at radius 2 is 1.80 bits per heavy atom. The molecule has 1 atom stereocenters. The SMILES string of the molecule is NC(c1ccc(Cl)s1)c1cc(Cl)sc1Cl. The molecule has 2 heterocycles. The van der Waals surface area contributed by atoms with Gasteiger partial charge in [0, 0.05) is 10.4 Å². The average Bonchev–Trinajstić information content (AvgIpc) is 2.71. The van der Waals surface area contributed by atoms with Crippen molar-refractivity contribution in [3.05, 3.63) is 41.6 Å². The molecule has 0 fully saturated rings. The van der Waals surface area contributed by atoms with Gasteiger partial charge in [-0.2, -0.15) is 0 Å². The number of hydrogen-bond donors (Lipinski definition) is 1. The maximum Gasteiger partial charge on any atom is 0.0995 e. The molecule has 0 radical (unpaired) electrons. The molecule has 0 bridgehead atoms. The molecular formula is C9H6Cl3NS2. The molecule has 0 aliphatic heterocycles. The lowest BCUT2D eigenvalue weighted by Gasteiger charge is -2.07. The van der Waals surface area contributed by atoms with Gasteiger partial charge in [-0.1, -0.05) is 34.8 Å². The van der Waals surface area contributed by atoms with Crippen molar-refractivity contribution in [2.24, 2.45) is 5.73 Å². The van der Waals surface area contributed by atoms with Gasteiger partial charge in [0.2, 0.25) is 0 Å². The van der Waals surface area contributed by atoms with E-state index in [-0.39, 0.29) is 6.04 Å². The molecule has 2 rings (SSSR count). The van der Waals surface area contributed by atoms with Crippen LogP contribution in [-0.4, -0.2) is 0 Å². The number of halogens is 3. The Labute approximate surface area is 110 Å². The van der Waals surface area contributed by atoms with Crippen LogP contribution in [0.2, 0.25) is 13.0 Å². The molecule has 15 heavy (non-hydrogen) atoms. The van der Waals surface area contributed by atoms with Gasteiger partial charge in [0.1, 0.15) is 0 Å². The summed E-state index contributed by atoms with van der Waals surface area (Å²) < 4.78 is 2.00. The molecule has 2 N–H and O–H groups in total. The first-order valence-corrected chi connectivity index (χ1v) is 6.80. The zero-order valence-electron chi connectivity index (χ0n) is 7.34. The summed E-state index contributed by atoms with van der Waals surface area (Å²) in [5, 5.41) is 0. The van der Waals surface area contributed by atoms with Crippen molar-refractivity contribution in [2.75, 3.05) is 0 Å². The molecule has 0 amide bonds. The Balaban J connectivity index is 2.35. The van der Waals surface area contributed by atoms with Crippen molar-refractivity contribution >= 4 is 57.5 Å². The van der Waals surface area contributed by atoms with Gasteiger partial charge in [-0.15, -0.1) is 22.7 Å². The van der Waals surface area contributed by atoms with E-state index >= 15 is 0 Å². The van der Waals surface area contributed by atoms with E-state index in [1.165, 1.54) is 22.7 Å². The third kappa shape index (κ3) is 2.49. The second-order valence-electron chi connectivity index (χ2n) is 2.90. The summed E-state index contributed by atoms with van der Waals surface area (Å²) in [6.45, 7) is 0. The molecule has 2 aromatic rings. The lowest BCUT2D eigenvalue weighted by molar-refractivity contribution is 0.900. The number of hydrogen-bond acceptors (Lipinski definition) is 3. The minimum absolute atomic E-state index is 0.251. The van der Waals surface area contributed by atoms with E-state index in [0.29, 0.717) is 8.67 Å². The number of thiophene rings is 2. The van der Waals surface area contributed by atoms with E-state index in [9.17, 15) is 0 Å². The summed E-state index contributed by atoms with van der Waals surface area (Å²) in [5.74, 6) is 0. The second kappa shape index (κ2) is 4.62. The predicted molar refractivity (Wildman–Crippen MR) is 69.7 cm³/mol. The van der Waals surface area contributed by atoms with Crippen molar-refractivity contribution in [1.29, 1.82) is 0 Å². The molecule has 0 aliphatic rings. The quantitative estimate of drug-likeness (QED) is 0.845. The Hall–Kier alpha value is 0.230. The fourth-order valence-corrected chi connectivity index (χ4v) is 3.85. The van der Waals surface area contributed by atoms with Crippen LogP contribution in [0.5, 0.6) is 0 Å². The van der Waals surface area contributed by atoms with E-state index < -0.39 is 0 Å². The van der Waals surface area contributed by atoms with Gasteiger partial charge in [-0.3, -0.25) is 0 Å². The highest BCUT2D eigenvalue weighted by molar-refractivity contribution is 7.20. The topological polar surface area (TPSA) is 26.0 Å². The Bertz CT molecular complexity index is 477. The van der Waals surface area contributed by atoms with Gasteiger partial charge in [-0.05, 0) is 18.2 Å². The molecule has 0 aromatic carbocycles. The van der Waals surface area contributed by atoms with Crippen LogP contribution in [0.4, 0.5) is 0 Å². The summed E-state index contributed by atoms with van der Waals surface area (Å²) in [4.78, 5) is 0.983. The summed E-state index contributed by atoms with van der Waals surface area (Å²) in [5.41, 5.74) is 6.91. The smallest absolute Gasteiger partial charge is 0.0995 e. The first-order valence-electron chi connectivity index (χ1n) is 4.03. The zero-order valence-corrected chi connectivity index (χ0v) is 11.2. The predicted octanol–water partition coefficient (Wildman–Crippen LogP) is 4.82. The fraction of sp³-hybridized carbons (Fsp3) is 0.111. The summed E-state index contributed by atoms with van der Waals surface area (Å²) in [6, 6.07) is 5.27. The molecule has 0 spiro atoms. The van der Waals surface area contributed by atoms with E-state index in [0.717, 1.165) is 14.8 Å². The minimum atomic E-state index is -0.251. The van der Waals surface area contributed by atoms with E-state index in [2.05, 4.69) is 0 Å². The zero-order chi connectivity index (χ0) is 11.0. The average molecular weight is 299 g/mol. The number of nitrogens with two attached hydrogens (primary N) is 1. The van der Waals surface area contributed by atoms with Crippen molar-refractivity contribution in [1.82, 2.24) is 0 Å². The summed E-state index contributed by atoms with van der Waals surface area (Å²) in [6.07, 6.45) is 0. The summed E-state index contributed by atoms with van der Waals surface area (Å²) >= 11 is 20.5. The Morgan fingerprint density at radius 3 is 2.27 bits per heavy atom. The van der Waals surface area contributed by atoms with Crippen LogP contribution >= 0.6 is 57.5 Å². The highest BCUT2D eigenvalue weighted by Crippen LogP contribution is 2.38. The van der Waals surface area contributed by atoms with Gasteiger partial charge < -0.3 is 5.73 Å². The van der Waals surface area contributed by atoms with E-state index in [1.54, 1.807) is 6.07 Å². The molecule has 1 nitrogen and oxygen atoms in total. The molecule has 6 heteroatoms. The standard InChI is InChI=1S/C9H6Cl3NS2/c10-6-2-1-5(14-6)8(13)4-3-7(11)15-9(4)12/h1-3,8H,13H2. The van der Waals surface area contributed by atoms with Crippen molar-refractivity contribution < 1.29 is 0 Å². The van der Waals surface area contributed by atoms with E-state index in [4.69, 9.17) is 40.5 Å². The molecule has 1 unspecified atom stereocenters. The Morgan fingerprint density at radius 1 is 1.07 bits per heavy atom. The lowest BCUT2D eigenvalue weighted by atomic mass is 10.1. The fourth-order valence-electron chi connectivity index (χ4n) is 1.21. The van der Waals surface area contributed by atoms with Crippen molar-refractivity contribution in [3.63, 3.8) is 0 Å². The Kier molecular flexibility index (Phi) is 3.60. The molecule has 2 aromatic heterocycles. The maximum absolute atomic E-state index is 6.06. The normalized spacial score (nSPS) is 13.1. The van der Waals surface area contributed by atoms with Crippen molar-refractivity contribution in [2.45, 2.75) is 6.04 Å². The van der Waals surface area contributed by atoms with Crippen LogP contribution in [0.25, 0.3) is 0 Å².